The number of halogens is 2. The molecule has 0 aliphatic carbocycles. The smallest absolute Gasteiger partial charge is 0.223 e. The number of anilines is 1. The fraction of sp³-hybridized carbons (Fsp3) is 0.522. The lowest BCUT2D eigenvalue weighted by Crippen LogP contribution is -2.26. The van der Waals surface area contributed by atoms with Crippen molar-refractivity contribution < 1.29 is 14.6 Å². The Morgan fingerprint density at radius 3 is 2.44 bits per heavy atom. The second-order valence-corrected chi connectivity index (χ2v) is 9.73. The zero-order valence-corrected chi connectivity index (χ0v) is 20.1. The number of hydrogen-bond donors (Lipinski definition) is 3. The minimum atomic E-state index is -1.24. The van der Waals surface area contributed by atoms with Gasteiger partial charge in [0.25, 0.3) is 0 Å². The average Bonchev–Trinajstić information content (AvgIpc) is 3.09. The summed E-state index contributed by atoms with van der Waals surface area (Å²) in [6, 6.07) is 2.84. The molecule has 3 N–H and O–H groups in total. The number of aromatic nitrogens is 4. The maximum Gasteiger partial charge on any atom is 0.223 e. The highest BCUT2D eigenvalue weighted by molar-refractivity contribution is 6.33. The van der Waals surface area contributed by atoms with Crippen LogP contribution < -0.4 is 5.32 Å². The van der Waals surface area contributed by atoms with Crippen molar-refractivity contribution in [3.05, 3.63) is 35.0 Å². The lowest BCUT2D eigenvalue weighted by atomic mass is 10.0. The van der Waals surface area contributed by atoms with Crippen molar-refractivity contribution in [3.8, 4) is 11.3 Å². The van der Waals surface area contributed by atoms with Gasteiger partial charge in [0.15, 0.2) is 5.82 Å². The largest absolute Gasteiger partial charge is 0.394 e. The molecule has 3 rings (SSSR count). The van der Waals surface area contributed by atoms with Gasteiger partial charge in [-0.3, -0.25) is 0 Å². The molecule has 7 nitrogen and oxygen atoms in total. The molecular formula is C23H31ClFN5O2. The average molecular weight is 464 g/mol. The van der Waals surface area contributed by atoms with E-state index in [2.05, 4.69) is 34.1 Å². The molecular weight excluding hydrogens is 433 g/mol. The first-order chi connectivity index (χ1) is 14.9. The van der Waals surface area contributed by atoms with Crippen LogP contribution in [0.3, 0.4) is 0 Å². The molecule has 0 amide bonds. The van der Waals surface area contributed by atoms with E-state index in [1.165, 1.54) is 12.3 Å². The topological polar surface area (TPSA) is 96.1 Å². The summed E-state index contributed by atoms with van der Waals surface area (Å²) >= 11 is 6.38. The molecule has 0 aliphatic rings. The Labute approximate surface area is 192 Å². The highest BCUT2D eigenvalue weighted by Gasteiger charge is 2.28. The molecule has 1 aromatic carbocycles. The maximum atomic E-state index is 15.1. The van der Waals surface area contributed by atoms with Crippen LogP contribution in [-0.2, 0) is 5.60 Å². The summed E-state index contributed by atoms with van der Waals surface area (Å²) in [4.78, 5) is 13.1. The van der Waals surface area contributed by atoms with Crippen molar-refractivity contribution in [1.82, 2.24) is 19.5 Å². The zero-order chi connectivity index (χ0) is 23.8. The van der Waals surface area contributed by atoms with Crippen LogP contribution in [0.25, 0.3) is 22.3 Å². The van der Waals surface area contributed by atoms with Gasteiger partial charge in [-0.2, -0.15) is 0 Å². The predicted octanol–water partition coefficient (Wildman–Crippen LogP) is 4.91. The van der Waals surface area contributed by atoms with Crippen molar-refractivity contribution >= 4 is 28.6 Å². The molecule has 0 aliphatic heterocycles. The molecule has 0 radical (unpaired) electrons. The van der Waals surface area contributed by atoms with Gasteiger partial charge in [0.05, 0.1) is 35.1 Å². The van der Waals surface area contributed by atoms with Gasteiger partial charge in [-0.05, 0) is 52.2 Å². The quantitative estimate of drug-likeness (QED) is 0.439. The molecule has 32 heavy (non-hydrogen) atoms. The van der Waals surface area contributed by atoms with Crippen LogP contribution in [0.4, 0.5) is 10.3 Å². The van der Waals surface area contributed by atoms with Gasteiger partial charge >= 0.3 is 0 Å². The van der Waals surface area contributed by atoms with Crippen molar-refractivity contribution in [1.29, 1.82) is 0 Å². The molecule has 2 aromatic heterocycles. The lowest BCUT2D eigenvalue weighted by molar-refractivity contribution is 0.0641. The molecule has 0 saturated carbocycles. The molecule has 0 fully saturated rings. The second kappa shape index (κ2) is 9.29. The van der Waals surface area contributed by atoms with Crippen LogP contribution in [-0.4, -0.2) is 42.4 Å². The van der Waals surface area contributed by atoms with Gasteiger partial charge in [0.1, 0.15) is 16.9 Å². The number of aliphatic hydroxyl groups excluding tert-OH is 1. The molecule has 174 valence electrons. The fourth-order valence-electron chi connectivity index (χ4n) is 3.81. The Hall–Kier alpha value is -2.29. The van der Waals surface area contributed by atoms with Crippen molar-refractivity contribution in [2.45, 2.75) is 65.6 Å². The summed E-state index contributed by atoms with van der Waals surface area (Å²) in [5, 5.41) is 23.6. The van der Waals surface area contributed by atoms with Gasteiger partial charge in [-0.25, -0.2) is 19.3 Å². The summed E-state index contributed by atoms with van der Waals surface area (Å²) in [5.74, 6) is 0.539. The predicted molar refractivity (Wildman–Crippen MR) is 125 cm³/mol. The summed E-state index contributed by atoms with van der Waals surface area (Å²) in [5.41, 5.74) is 0.325. The van der Waals surface area contributed by atoms with Crippen molar-refractivity contribution in [3.63, 3.8) is 0 Å². The van der Waals surface area contributed by atoms with E-state index in [1.54, 1.807) is 19.9 Å². The lowest BCUT2D eigenvalue weighted by Gasteiger charge is -2.21. The van der Waals surface area contributed by atoms with Gasteiger partial charge in [-0.1, -0.05) is 25.4 Å². The number of aliphatic hydroxyl groups is 2. The fourth-order valence-corrected chi connectivity index (χ4v) is 4.01. The van der Waals surface area contributed by atoms with E-state index >= 15 is 4.39 Å². The zero-order valence-electron chi connectivity index (χ0n) is 19.3. The Morgan fingerprint density at radius 2 is 1.88 bits per heavy atom. The first-order valence-corrected chi connectivity index (χ1v) is 11.1. The Bertz CT molecular complexity index is 1110. The second-order valence-electron chi connectivity index (χ2n) is 9.33. The molecule has 0 spiro atoms. The van der Waals surface area contributed by atoms with E-state index in [0.717, 1.165) is 6.42 Å². The third-order valence-corrected chi connectivity index (χ3v) is 5.42. The molecule has 2 heterocycles. The van der Waals surface area contributed by atoms with E-state index in [-0.39, 0.29) is 29.2 Å². The third kappa shape index (κ3) is 5.03. The minimum Gasteiger partial charge on any atom is -0.394 e. The Balaban J connectivity index is 2.13. The number of fused-ring (bicyclic) bond motifs is 1. The maximum absolute atomic E-state index is 15.1. The summed E-state index contributed by atoms with van der Waals surface area (Å²) < 4.78 is 16.9. The third-order valence-electron chi connectivity index (χ3n) is 5.14. The monoisotopic (exact) mass is 463 g/mol. The van der Waals surface area contributed by atoms with Gasteiger partial charge in [0, 0.05) is 11.6 Å². The van der Waals surface area contributed by atoms with Crippen molar-refractivity contribution in [2.75, 3.05) is 11.9 Å². The first kappa shape index (κ1) is 24.4. The van der Waals surface area contributed by atoms with Crippen LogP contribution in [0.15, 0.2) is 18.3 Å². The molecule has 0 unspecified atom stereocenters. The molecule has 0 bridgehead atoms. The Kier molecular flexibility index (Phi) is 7.07. The van der Waals surface area contributed by atoms with E-state index < -0.39 is 11.4 Å². The SMILES string of the molecule is CC(C)C[C@H](CO)Nc1ncc(Cl)c(-c2cc(F)c3nc(C(C)(C)O)n(C(C)C)c3c2)n1. The number of benzene rings is 1. The van der Waals surface area contributed by atoms with E-state index in [0.29, 0.717) is 34.5 Å². The highest BCUT2D eigenvalue weighted by Crippen LogP contribution is 2.34. The minimum absolute atomic E-state index is 0.0597. The number of hydrogen-bond acceptors (Lipinski definition) is 6. The highest BCUT2D eigenvalue weighted by atomic mass is 35.5. The molecule has 3 aromatic rings. The number of nitrogens with one attached hydrogen (secondary N) is 1. The van der Waals surface area contributed by atoms with Crippen LogP contribution in [0.2, 0.25) is 5.02 Å². The van der Waals surface area contributed by atoms with Gasteiger partial charge in [0.2, 0.25) is 5.95 Å². The number of imidazole rings is 1. The summed E-state index contributed by atoms with van der Waals surface area (Å²) in [6.45, 7) is 11.2. The summed E-state index contributed by atoms with van der Waals surface area (Å²) in [7, 11) is 0. The van der Waals surface area contributed by atoms with Crippen LogP contribution >= 0.6 is 11.6 Å². The van der Waals surface area contributed by atoms with Gasteiger partial charge in [-0.15, -0.1) is 0 Å². The van der Waals surface area contributed by atoms with E-state index in [4.69, 9.17) is 11.6 Å². The standard InChI is InChI=1S/C23H31ClFN5O2/c1-12(2)7-15(11-31)27-22-26-10-16(24)19(29-22)14-8-17(25)20-18(9-14)30(13(3)4)21(28-20)23(5,6)32/h8-10,12-13,15,31-32H,7,11H2,1-6H3,(H,26,27,29)/t15-/m1/s1. The molecule has 9 heteroatoms. The molecule has 1 atom stereocenters. The van der Waals surface area contributed by atoms with Crippen LogP contribution in [0.1, 0.15) is 59.8 Å². The molecule has 0 saturated heterocycles. The van der Waals surface area contributed by atoms with Crippen molar-refractivity contribution in [2.24, 2.45) is 5.92 Å². The number of nitrogens with zero attached hydrogens (tertiary/aromatic N) is 4. The van der Waals surface area contributed by atoms with Gasteiger partial charge < -0.3 is 20.1 Å². The van der Waals surface area contributed by atoms with Crippen LogP contribution in [0, 0.1) is 11.7 Å². The normalized spacial score (nSPS) is 13.4. The van der Waals surface area contributed by atoms with E-state index in [9.17, 15) is 10.2 Å². The summed E-state index contributed by atoms with van der Waals surface area (Å²) in [6.07, 6.45) is 2.20. The number of rotatable bonds is 8. The Morgan fingerprint density at radius 1 is 1.19 bits per heavy atom. The first-order valence-electron chi connectivity index (χ1n) is 10.8. The van der Waals surface area contributed by atoms with E-state index in [1.807, 2.05) is 18.4 Å². The van der Waals surface area contributed by atoms with Crippen LogP contribution in [0.5, 0.6) is 0 Å².